The molecule has 4 nitrogen and oxygen atoms in total. The Morgan fingerprint density at radius 1 is 1.11 bits per heavy atom. The van der Waals surface area contributed by atoms with Gasteiger partial charge in [0.25, 0.3) is 0 Å². The summed E-state index contributed by atoms with van der Waals surface area (Å²) in [6.07, 6.45) is 0. The first-order valence-electron chi connectivity index (χ1n) is 8.51. The summed E-state index contributed by atoms with van der Waals surface area (Å²) in [6, 6.07) is 13.6. The Bertz CT molecular complexity index is 922. The Labute approximate surface area is 170 Å². The van der Waals surface area contributed by atoms with Crippen LogP contribution in [-0.4, -0.2) is 29.9 Å². The molecule has 0 aliphatic heterocycles. The Hall–Kier alpha value is -1.95. The van der Waals surface area contributed by atoms with Crippen LogP contribution in [0.25, 0.3) is 11.0 Å². The zero-order chi connectivity index (χ0) is 18.7. The maximum atomic E-state index is 12.4. The van der Waals surface area contributed by atoms with E-state index in [9.17, 15) is 9.90 Å². The van der Waals surface area contributed by atoms with Crippen molar-refractivity contribution in [3.63, 3.8) is 0 Å². The minimum absolute atomic E-state index is 0. The maximum Gasteiger partial charge on any atom is 0.163 e. The van der Waals surface area contributed by atoms with Crippen molar-refractivity contribution in [2.75, 3.05) is 14.1 Å². The van der Waals surface area contributed by atoms with Crippen LogP contribution in [0.1, 0.15) is 34.2 Å². The van der Waals surface area contributed by atoms with Gasteiger partial charge in [0.2, 0.25) is 0 Å². The fourth-order valence-electron chi connectivity index (χ4n) is 3.08. The molecule has 3 rings (SSSR count). The number of rotatable bonds is 7. The molecule has 0 aliphatic rings. The second-order valence-corrected chi connectivity index (χ2v) is 7.59. The van der Waals surface area contributed by atoms with Crippen molar-refractivity contribution in [1.29, 1.82) is 0 Å². The van der Waals surface area contributed by atoms with Gasteiger partial charge in [-0.25, -0.2) is 0 Å². The summed E-state index contributed by atoms with van der Waals surface area (Å²) in [5.74, 6) is 2.30. The molecular weight excluding hydrogens is 382 g/mol. The molecular formula is C21H24ClNO3S. The number of phenols is 1. The molecule has 1 aromatic heterocycles. The van der Waals surface area contributed by atoms with Crippen molar-refractivity contribution < 1.29 is 14.3 Å². The highest BCUT2D eigenvalue weighted by molar-refractivity contribution is 7.97. The van der Waals surface area contributed by atoms with Crippen LogP contribution in [0.15, 0.2) is 46.9 Å². The van der Waals surface area contributed by atoms with Gasteiger partial charge in [0.1, 0.15) is 17.1 Å². The van der Waals surface area contributed by atoms with E-state index in [1.807, 2.05) is 37.2 Å². The third kappa shape index (κ3) is 4.86. The van der Waals surface area contributed by atoms with Gasteiger partial charge in [0.15, 0.2) is 5.78 Å². The number of aromatic hydroxyl groups is 1. The molecule has 3 aromatic rings. The van der Waals surface area contributed by atoms with Crippen LogP contribution in [0.2, 0.25) is 0 Å². The van der Waals surface area contributed by atoms with E-state index >= 15 is 0 Å². The summed E-state index contributed by atoms with van der Waals surface area (Å²) in [5.41, 5.74) is 3.22. The van der Waals surface area contributed by atoms with E-state index in [0.29, 0.717) is 29.2 Å². The van der Waals surface area contributed by atoms with Gasteiger partial charge in [-0.2, -0.15) is 0 Å². The molecule has 0 aliphatic carbocycles. The lowest BCUT2D eigenvalue weighted by molar-refractivity contribution is 0.101. The summed E-state index contributed by atoms with van der Waals surface area (Å²) >= 11 is 1.71. The Balaban J connectivity index is 0.00000261. The number of Topliss-reactive ketones (excluding diaryl/α,β-unsaturated/α-hetero) is 1. The molecule has 0 atom stereocenters. The fourth-order valence-corrected chi connectivity index (χ4v) is 4.00. The van der Waals surface area contributed by atoms with Crippen LogP contribution < -0.4 is 0 Å². The number of furan rings is 1. The van der Waals surface area contributed by atoms with Crippen LogP contribution in [0, 0.1) is 0 Å². The quantitative estimate of drug-likeness (QED) is 0.543. The van der Waals surface area contributed by atoms with Crippen LogP contribution in [0.4, 0.5) is 0 Å². The first-order chi connectivity index (χ1) is 12.5. The molecule has 0 saturated carbocycles. The number of fused-ring (bicyclic) bond motifs is 1. The van der Waals surface area contributed by atoms with Gasteiger partial charge in [-0.3, -0.25) is 4.79 Å². The highest BCUT2D eigenvalue weighted by Gasteiger charge is 2.22. The normalized spacial score (nSPS) is 11.0. The predicted molar refractivity (Wildman–Crippen MR) is 114 cm³/mol. The molecule has 1 N–H and O–H groups in total. The van der Waals surface area contributed by atoms with Crippen molar-refractivity contribution in [2.45, 2.75) is 25.0 Å². The number of ketones is 1. The summed E-state index contributed by atoms with van der Waals surface area (Å²) in [7, 11) is 3.87. The topological polar surface area (TPSA) is 53.7 Å². The predicted octanol–water partition coefficient (Wildman–Crippen LogP) is 5.26. The number of carbonyl (C=O) groups excluding carboxylic acids is 1. The van der Waals surface area contributed by atoms with Crippen molar-refractivity contribution in [3.05, 3.63) is 64.9 Å². The monoisotopic (exact) mass is 405 g/mol. The Morgan fingerprint density at radius 3 is 2.44 bits per heavy atom. The lowest BCUT2D eigenvalue weighted by Gasteiger charge is -2.12. The summed E-state index contributed by atoms with van der Waals surface area (Å²) in [4.78, 5) is 14.3. The van der Waals surface area contributed by atoms with Crippen LogP contribution >= 0.6 is 24.2 Å². The van der Waals surface area contributed by atoms with Crippen LogP contribution in [0.5, 0.6) is 5.75 Å². The average Bonchev–Trinajstić information content (AvgIpc) is 2.97. The first-order valence-corrected chi connectivity index (χ1v) is 9.66. The van der Waals surface area contributed by atoms with Crippen molar-refractivity contribution >= 4 is 40.9 Å². The van der Waals surface area contributed by atoms with Gasteiger partial charge in [-0.05, 0) is 38.7 Å². The molecule has 27 heavy (non-hydrogen) atoms. The van der Waals surface area contributed by atoms with Crippen molar-refractivity contribution in [3.8, 4) is 5.75 Å². The van der Waals surface area contributed by atoms with E-state index in [2.05, 4.69) is 12.1 Å². The number of thioether (sulfide) groups is 1. The minimum atomic E-state index is -0.0373. The van der Waals surface area contributed by atoms with Gasteiger partial charge in [0.05, 0.1) is 11.3 Å². The van der Waals surface area contributed by atoms with E-state index in [1.165, 1.54) is 5.56 Å². The number of carbonyl (C=O) groups is 1. The SMILES string of the molecule is CC(=O)c1c(CSCc2ccccc2)oc2ccc(O)c(CN(C)C)c12.Cl. The molecule has 144 valence electrons. The average molecular weight is 406 g/mol. The molecule has 0 saturated heterocycles. The van der Waals surface area contributed by atoms with Crippen molar-refractivity contribution in [1.82, 2.24) is 4.90 Å². The van der Waals surface area contributed by atoms with Gasteiger partial charge in [0, 0.05) is 23.2 Å². The van der Waals surface area contributed by atoms with E-state index in [4.69, 9.17) is 4.42 Å². The van der Waals surface area contributed by atoms with E-state index in [-0.39, 0.29) is 23.9 Å². The number of nitrogens with zero attached hydrogens (tertiary/aromatic N) is 1. The molecule has 0 unspecified atom stereocenters. The van der Waals surface area contributed by atoms with Crippen molar-refractivity contribution in [2.24, 2.45) is 0 Å². The third-order valence-corrected chi connectivity index (χ3v) is 5.19. The maximum absolute atomic E-state index is 12.4. The zero-order valence-electron chi connectivity index (χ0n) is 15.7. The van der Waals surface area contributed by atoms with E-state index in [1.54, 1.807) is 30.8 Å². The summed E-state index contributed by atoms with van der Waals surface area (Å²) < 4.78 is 6.00. The number of halogens is 1. The number of hydrogen-bond acceptors (Lipinski definition) is 5. The van der Waals surface area contributed by atoms with E-state index in [0.717, 1.165) is 16.7 Å². The molecule has 2 aromatic carbocycles. The highest BCUT2D eigenvalue weighted by atomic mass is 35.5. The molecule has 0 bridgehead atoms. The fraction of sp³-hybridized carbons (Fsp3) is 0.286. The lowest BCUT2D eigenvalue weighted by atomic mass is 10.0. The second-order valence-electron chi connectivity index (χ2n) is 6.61. The molecule has 1 heterocycles. The second kappa shape index (κ2) is 9.31. The van der Waals surface area contributed by atoms with E-state index < -0.39 is 0 Å². The largest absolute Gasteiger partial charge is 0.508 e. The summed E-state index contributed by atoms with van der Waals surface area (Å²) in [5, 5.41) is 11.1. The van der Waals surface area contributed by atoms with Crippen LogP contribution in [0.3, 0.4) is 0 Å². The smallest absolute Gasteiger partial charge is 0.163 e. The number of hydrogen-bond donors (Lipinski definition) is 1. The number of benzene rings is 2. The summed E-state index contributed by atoms with van der Waals surface area (Å²) in [6.45, 7) is 2.10. The Morgan fingerprint density at radius 2 is 1.81 bits per heavy atom. The molecule has 6 heteroatoms. The molecule has 0 amide bonds. The van der Waals surface area contributed by atoms with Gasteiger partial charge in [-0.15, -0.1) is 24.2 Å². The first kappa shape index (κ1) is 21.4. The standard InChI is InChI=1S/C21H23NO3S.ClH/c1-14(23)20-19(13-26-12-15-7-5-4-6-8-15)25-18-10-9-17(24)16(21(18)20)11-22(2)3;/h4-10,24H,11-13H2,1-3H3;1H. The van der Waals surface area contributed by atoms with Gasteiger partial charge >= 0.3 is 0 Å². The molecule has 0 spiro atoms. The zero-order valence-corrected chi connectivity index (χ0v) is 17.3. The lowest BCUT2D eigenvalue weighted by Crippen LogP contribution is -2.11. The van der Waals surface area contributed by atoms with Gasteiger partial charge < -0.3 is 14.4 Å². The molecule has 0 fully saturated rings. The third-order valence-electron chi connectivity index (χ3n) is 4.18. The van der Waals surface area contributed by atoms with Crippen LogP contribution in [-0.2, 0) is 18.1 Å². The number of phenolic OH excluding ortho intramolecular Hbond substituents is 1. The highest BCUT2D eigenvalue weighted by Crippen LogP contribution is 2.36. The minimum Gasteiger partial charge on any atom is -0.508 e. The molecule has 0 radical (unpaired) electrons. The Kier molecular flexibility index (Phi) is 7.36. The van der Waals surface area contributed by atoms with Gasteiger partial charge in [-0.1, -0.05) is 30.3 Å².